The summed E-state index contributed by atoms with van der Waals surface area (Å²) >= 11 is 0. The molecule has 1 saturated carbocycles. The highest BCUT2D eigenvalue weighted by Crippen LogP contribution is 2.70. The normalized spacial score (nSPS) is 41.0. The standard InChI is InChI=1S/C27H33N3O3/c1-23(2)11-9-16-18(33-23)8-7-17-20(16)28-22(32)27(17)14-25-15-30-12-6-5-10-26(30,21(31)29-25)13-19(25)24(27,3)4/h7-9,11,19H,5-6,10,12-15H2,1-4H3,(H,28,32)(H,29,31)/t19?,25-,26+,27-/m1/s1. The van der Waals surface area contributed by atoms with Crippen LogP contribution < -0.4 is 15.4 Å². The minimum atomic E-state index is -0.670. The third kappa shape index (κ3) is 2.11. The fraction of sp³-hybridized carbons (Fsp3) is 0.630. The van der Waals surface area contributed by atoms with Gasteiger partial charge in [0.15, 0.2) is 0 Å². The maximum atomic E-state index is 14.0. The second-order valence-electron chi connectivity index (χ2n) is 12.5. The first kappa shape index (κ1) is 20.1. The number of piperidine rings is 3. The number of nitrogens with one attached hydrogen (secondary N) is 2. The number of ether oxygens (including phenoxy) is 1. The highest BCUT2D eigenvalue weighted by molar-refractivity contribution is 6.10. The van der Waals surface area contributed by atoms with Crippen LogP contribution >= 0.6 is 0 Å². The van der Waals surface area contributed by atoms with Gasteiger partial charge in [0, 0.05) is 12.1 Å². The molecule has 1 aromatic carbocycles. The van der Waals surface area contributed by atoms with Crippen LogP contribution in [0.5, 0.6) is 5.75 Å². The SMILES string of the molecule is CC1(C)C=Cc2c(ccc3c2NC(=O)[C@@]32C[C@@]34CN5CCCC[C@]5(CC3C2(C)C)C(=O)N4)O1. The van der Waals surface area contributed by atoms with Crippen molar-refractivity contribution in [2.45, 2.75) is 81.9 Å². The summed E-state index contributed by atoms with van der Waals surface area (Å²) in [6, 6.07) is 4.14. The molecule has 2 bridgehead atoms. The number of nitrogens with zero attached hydrogens (tertiary/aromatic N) is 1. The zero-order chi connectivity index (χ0) is 23.0. The van der Waals surface area contributed by atoms with E-state index in [2.05, 4.69) is 47.6 Å². The molecular formula is C27H33N3O3. The first-order valence-electron chi connectivity index (χ1n) is 12.5. The summed E-state index contributed by atoms with van der Waals surface area (Å²) in [7, 11) is 0. The molecule has 8 rings (SSSR count). The van der Waals surface area contributed by atoms with Crippen LogP contribution in [0.15, 0.2) is 18.2 Å². The van der Waals surface area contributed by atoms with E-state index in [1.165, 1.54) is 0 Å². The summed E-state index contributed by atoms with van der Waals surface area (Å²) in [6.45, 7) is 10.5. The minimum Gasteiger partial charge on any atom is -0.483 e. The van der Waals surface area contributed by atoms with E-state index in [9.17, 15) is 9.59 Å². The molecule has 6 heteroatoms. The summed E-state index contributed by atoms with van der Waals surface area (Å²) in [5.41, 5.74) is 0.853. The third-order valence-electron chi connectivity index (χ3n) is 10.2. The number of benzene rings is 1. The Morgan fingerprint density at radius 3 is 2.73 bits per heavy atom. The molecule has 0 aromatic heterocycles. The summed E-state index contributed by atoms with van der Waals surface area (Å²) in [5.74, 6) is 1.34. The van der Waals surface area contributed by atoms with Crippen LogP contribution in [0.3, 0.4) is 0 Å². The first-order valence-corrected chi connectivity index (χ1v) is 12.5. The van der Waals surface area contributed by atoms with Crippen molar-refractivity contribution in [1.82, 2.24) is 10.2 Å². The van der Waals surface area contributed by atoms with Crippen molar-refractivity contribution >= 4 is 23.6 Å². The van der Waals surface area contributed by atoms with Crippen molar-refractivity contribution < 1.29 is 14.3 Å². The van der Waals surface area contributed by atoms with Gasteiger partial charge in [-0.15, -0.1) is 0 Å². The molecular weight excluding hydrogens is 414 g/mol. The molecule has 1 aromatic rings. The van der Waals surface area contributed by atoms with Gasteiger partial charge in [-0.2, -0.15) is 0 Å². The van der Waals surface area contributed by atoms with Gasteiger partial charge in [0.25, 0.3) is 0 Å². The van der Waals surface area contributed by atoms with Crippen LogP contribution in [0, 0.1) is 11.3 Å². The number of carbonyl (C=O) groups is 2. The van der Waals surface area contributed by atoms with Gasteiger partial charge in [-0.05, 0) is 87.6 Å². The van der Waals surface area contributed by atoms with E-state index in [4.69, 9.17) is 4.74 Å². The Kier molecular flexibility index (Phi) is 3.44. The molecule has 1 aliphatic carbocycles. The maximum absolute atomic E-state index is 14.0. The van der Waals surface area contributed by atoms with Crippen LogP contribution in [0.2, 0.25) is 0 Å². The largest absolute Gasteiger partial charge is 0.483 e. The molecule has 6 aliphatic heterocycles. The zero-order valence-electron chi connectivity index (χ0n) is 20.0. The number of piperazine rings is 1. The van der Waals surface area contributed by atoms with Crippen molar-refractivity contribution in [3.05, 3.63) is 29.3 Å². The third-order valence-corrected chi connectivity index (χ3v) is 10.2. The second kappa shape index (κ2) is 5.65. The molecule has 3 spiro atoms. The van der Waals surface area contributed by atoms with Crippen molar-refractivity contribution in [2.24, 2.45) is 11.3 Å². The number of anilines is 1. The van der Waals surface area contributed by atoms with Gasteiger partial charge in [-0.1, -0.05) is 19.9 Å². The molecule has 6 nitrogen and oxygen atoms in total. The van der Waals surface area contributed by atoms with Crippen LogP contribution in [0.1, 0.15) is 70.9 Å². The van der Waals surface area contributed by atoms with E-state index in [0.29, 0.717) is 6.42 Å². The van der Waals surface area contributed by atoms with Crippen LogP contribution in [-0.4, -0.2) is 46.5 Å². The lowest BCUT2D eigenvalue weighted by Gasteiger charge is -2.63. The van der Waals surface area contributed by atoms with Crippen LogP contribution in [-0.2, 0) is 15.0 Å². The fourth-order valence-electron chi connectivity index (χ4n) is 8.63. The van der Waals surface area contributed by atoms with Crippen molar-refractivity contribution in [1.29, 1.82) is 0 Å². The van der Waals surface area contributed by atoms with E-state index < -0.39 is 5.41 Å². The zero-order valence-corrected chi connectivity index (χ0v) is 20.0. The van der Waals surface area contributed by atoms with Gasteiger partial charge >= 0.3 is 0 Å². The Balaban J connectivity index is 1.40. The maximum Gasteiger partial charge on any atom is 0.241 e. The van der Waals surface area contributed by atoms with Gasteiger partial charge < -0.3 is 15.4 Å². The van der Waals surface area contributed by atoms with Crippen molar-refractivity contribution in [2.75, 3.05) is 18.4 Å². The molecule has 0 radical (unpaired) electrons. The predicted octanol–water partition coefficient (Wildman–Crippen LogP) is 3.60. The van der Waals surface area contributed by atoms with E-state index in [0.717, 1.165) is 61.3 Å². The van der Waals surface area contributed by atoms with E-state index in [1.54, 1.807) is 0 Å². The highest BCUT2D eigenvalue weighted by atomic mass is 16.5. The van der Waals surface area contributed by atoms with Crippen molar-refractivity contribution in [3.8, 4) is 5.75 Å². The van der Waals surface area contributed by atoms with Gasteiger partial charge in [-0.3, -0.25) is 14.5 Å². The number of hydrogen-bond donors (Lipinski definition) is 2. The lowest BCUT2D eigenvalue weighted by molar-refractivity contribution is -0.167. The van der Waals surface area contributed by atoms with Crippen LogP contribution in [0.25, 0.3) is 6.08 Å². The number of hydrogen-bond acceptors (Lipinski definition) is 4. The lowest BCUT2D eigenvalue weighted by atomic mass is 9.56. The average molecular weight is 448 g/mol. The molecule has 7 aliphatic rings. The molecule has 33 heavy (non-hydrogen) atoms. The van der Waals surface area contributed by atoms with Gasteiger partial charge in [-0.25, -0.2) is 0 Å². The molecule has 2 N–H and O–H groups in total. The average Bonchev–Trinajstić information content (AvgIpc) is 3.14. The fourth-order valence-corrected chi connectivity index (χ4v) is 8.63. The Hall–Kier alpha value is -2.34. The Bertz CT molecular complexity index is 1170. The van der Waals surface area contributed by atoms with Crippen LogP contribution in [0.4, 0.5) is 5.69 Å². The van der Waals surface area contributed by atoms with Gasteiger partial charge in [0.2, 0.25) is 11.8 Å². The Labute approximate surface area is 195 Å². The van der Waals surface area contributed by atoms with E-state index in [-0.39, 0.29) is 39.8 Å². The number of rotatable bonds is 0. The van der Waals surface area contributed by atoms with Gasteiger partial charge in [0.05, 0.1) is 16.6 Å². The number of fused-ring (bicyclic) bond motifs is 5. The highest BCUT2D eigenvalue weighted by Gasteiger charge is 2.77. The molecule has 4 atom stereocenters. The molecule has 4 saturated heterocycles. The summed E-state index contributed by atoms with van der Waals surface area (Å²) in [4.78, 5) is 29.9. The molecule has 174 valence electrons. The monoisotopic (exact) mass is 447 g/mol. The molecule has 1 unspecified atom stereocenters. The molecule has 6 heterocycles. The predicted molar refractivity (Wildman–Crippen MR) is 126 cm³/mol. The summed E-state index contributed by atoms with van der Waals surface area (Å²) < 4.78 is 6.20. The van der Waals surface area contributed by atoms with E-state index in [1.807, 2.05) is 19.9 Å². The summed E-state index contributed by atoms with van der Waals surface area (Å²) in [6.07, 6.45) is 8.86. The number of carbonyl (C=O) groups excluding carboxylic acids is 2. The summed E-state index contributed by atoms with van der Waals surface area (Å²) in [5, 5.41) is 6.79. The van der Waals surface area contributed by atoms with Crippen molar-refractivity contribution in [3.63, 3.8) is 0 Å². The Morgan fingerprint density at radius 1 is 1.09 bits per heavy atom. The topological polar surface area (TPSA) is 70.7 Å². The minimum absolute atomic E-state index is 0.0751. The second-order valence-corrected chi connectivity index (χ2v) is 12.5. The number of amides is 2. The molecule has 2 amide bonds. The Morgan fingerprint density at radius 2 is 1.91 bits per heavy atom. The smallest absolute Gasteiger partial charge is 0.241 e. The molecule has 5 fully saturated rings. The van der Waals surface area contributed by atoms with Gasteiger partial charge in [0.1, 0.15) is 16.9 Å². The quantitative estimate of drug-likeness (QED) is 0.638. The first-order chi connectivity index (χ1) is 15.5. The van der Waals surface area contributed by atoms with E-state index >= 15 is 0 Å². The lowest BCUT2D eigenvalue weighted by Crippen LogP contribution is -2.80.